The molecule has 7 heteroatoms. The third kappa shape index (κ3) is 4.78. The lowest BCUT2D eigenvalue weighted by molar-refractivity contribution is -0.132. The SMILES string of the molecule is CCOc1cc(C=C2SC(=Nc3cccc4ccccc34)NC2=O)ccc1OC(C)=O. The standard InChI is InChI=1S/C24H20N2O4S/c1-3-29-21-13-16(11-12-20(21)30-15(2)27)14-22-23(28)26-24(31-22)25-19-10-6-8-17-7-4-5-9-18(17)19/h4-14H,3H2,1-2H3,(H,25,26,28). The van der Waals surface area contributed by atoms with Crippen molar-refractivity contribution in [1.29, 1.82) is 0 Å². The molecule has 1 aliphatic rings. The molecule has 0 bridgehead atoms. The van der Waals surface area contributed by atoms with Crippen LogP contribution in [0.2, 0.25) is 0 Å². The molecule has 0 spiro atoms. The third-order valence-corrected chi connectivity index (χ3v) is 5.37. The van der Waals surface area contributed by atoms with Crippen LogP contribution < -0.4 is 14.8 Å². The number of aliphatic imine (C=N–C) groups is 1. The van der Waals surface area contributed by atoms with Gasteiger partial charge in [-0.2, -0.15) is 0 Å². The van der Waals surface area contributed by atoms with E-state index in [1.165, 1.54) is 18.7 Å². The predicted octanol–water partition coefficient (Wildman–Crippen LogP) is 5.06. The second-order valence-electron chi connectivity index (χ2n) is 6.71. The van der Waals surface area contributed by atoms with E-state index in [0.717, 1.165) is 22.0 Å². The van der Waals surface area contributed by atoms with E-state index in [-0.39, 0.29) is 5.91 Å². The van der Waals surface area contributed by atoms with Crippen molar-refractivity contribution in [3.63, 3.8) is 0 Å². The molecule has 156 valence electrons. The van der Waals surface area contributed by atoms with Gasteiger partial charge >= 0.3 is 5.97 Å². The molecule has 1 saturated heterocycles. The number of esters is 1. The molecule has 0 saturated carbocycles. The average molecular weight is 433 g/mol. The zero-order valence-corrected chi connectivity index (χ0v) is 17.9. The fourth-order valence-electron chi connectivity index (χ4n) is 3.17. The minimum atomic E-state index is -0.424. The number of nitrogens with one attached hydrogen (secondary N) is 1. The highest BCUT2D eigenvalue weighted by atomic mass is 32.2. The molecule has 0 aromatic heterocycles. The van der Waals surface area contributed by atoms with Gasteiger partial charge in [-0.05, 0) is 53.9 Å². The summed E-state index contributed by atoms with van der Waals surface area (Å²) in [6, 6.07) is 19.0. The number of carbonyl (C=O) groups excluding carboxylic acids is 2. The van der Waals surface area contributed by atoms with Crippen LogP contribution in [0, 0.1) is 0 Å². The van der Waals surface area contributed by atoms with Crippen molar-refractivity contribution in [2.24, 2.45) is 4.99 Å². The van der Waals surface area contributed by atoms with E-state index in [4.69, 9.17) is 9.47 Å². The van der Waals surface area contributed by atoms with Gasteiger partial charge in [0.2, 0.25) is 0 Å². The van der Waals surface area contributed by atoms with Crippen LogP contribution in [0.15, 0.2) is 70.6 Å². The smallest absolute Gasteiger partial charge is 0.308 e. The number of nitrogens with zero attached hydrogens (tertiary/aromatic N) is 1. The van der Waals surface area contributed by atoms with Crippen molar-refractivity contribution >= 4 is 51.3 Å². The van der Waals surface area contributed by atoms with Crippen LogP contribution in [-0.2, 0) is 9.59 Å². The van der Waals surface area contributed by atoms with Gasteiger partial charge in [0.25, 0.3) is 5.91 Å². The Labute approximate surface area is 184 Å². The van der Waals surface area contributed by atoms with E-state index in [0.29, 0.717) is 28.2 Å². The second kappa shape index (κ2) is 9.06. The Balaban J connectivity index is 1.61. The maximum Gasteiger partial charge on any atom is 0.308 e. The molecule has 31 heavy (non-hydrogen) atoms. The number of amides is 1. The fourth-order valence-corrected chi connectivity index (χ4v) is 4.00. The number of ether oxygens (including phenoxy) is 2. The molecule has 0 radical (unpaired) electrons. The molecule has 1 aliphatic heterocycles. The summed E-state index contributed by atoms with van der Waals surface area (Å²) in [6.45, 7) is 3.60. The van der Waals surface area contributed by atoms with E-state index in [1.54, 1.807) is 24.3 Å². The highest BCUT2D eigenvalue weighted by Crippen LogP contribution is 2.33. The monoisotopic (exact) mass is 432 g/mol. The summed E-state index contributed by atoms with van der Waals surface area (Å²) in [7, 11) is 0. The van der Waals surface area contributed by atoms with Gasteiger partial charge in [0.1, 0.15) is 0 Å². The Morgan fingerprint density at radius 1 is 1.10 bits per heavy atom. The zero-order chi connectivity index (χ0) is 21.8. The van der Waals surface area contributed by atoms with Gasteiger partial charge in [0, 0.05) is 12.3 Å². The Hall–Kier alpha value is -3.58. The summed E-state index contributed by atoms with van der Waals surface area (Å²) in [4.78, 5) is 28.9. The number of amidine groups is 1. The van der Waals surface area contributed by atoms with Crippen LogP contribution in [0.25, 0.3) is 16.8 Å². The first-order chi connectivity index (χ1) is 15.0. The number of carbonyl (C=O) groups is 2. The summed E-state index contributed by atoms with van der Waals surface area (Å²) in [6.07, 6.45) is 1.76. The number of hydrogen-bond donors (Lipinski definition) is 1. The molecule has 6 nitrogen and oxygen atoms in total. The minimum Gasteiger partial charge on any atom is -0.490 e. The lowest BCUT2D eigenvalue weighted by atomic mass is 10.1. The van der Waals surface area contributed by atoms with Gasteiger partial charge in [-0.25, -0.2) is 4.99 Å². The highest BCUT2D eigenvalue weighted by Gasteiger charge is 2.24. The van der Waals surface area contributed by atoms with Crippen LogP contribution in [0.1, 0.15) is 19.4 Å². The fraction of sp³-hybridized carbons (Fsp3) is 0.125. The molecular weight excluding hydrogens is 412 g/mol. The molecule has 1 heterocycles. The quantitative estimate of drug-likeness (QED) is 0.347. The lowest BCUT2D eigenvalue weighted by Crippen LogP contribution is -2.19. The molecule has 1 N–H and O–H groups in total. The Kier molecular flexibility index (Phi) is 6.04. The summed E-state index contributed by atoms with van der Waals surface area (Å²) < 4.78 is 10.7. The summed E-state index contributed by atoms with van der Waals surface area (Å²) >= 11 is 1.28. The van der Waals surface area contributed by atoms with E-state index >= 15 is 0 Å². The zero-order valence-electron chi connectivity index (χ0n) is 17.0. The van der Waals surface area contributed by atoms with Crippen molar-refractivity contribution in [2.75, 3.05) is 6.61 Å². The van der Waals surface area contributed by atoms with Crippen molar-refractivity contribution in [2.45, 2.75) is 13.8 Å². The number of hydrogen-bond acceptors (Lipinski definition) is 6. The van der Waals surface area contributed by atoms with Gasteiger partial charge in [-0.15, -0.1) is 0 Å². The average Bonchev–Trinajstić information content (AvgIpc) is 3.09. The minimum absolute atomic E-state index is 0.217. The first kappa shape index (κ1) is 20.7. The first-order valence-electron chi connectivity index (χ1n) is 9.76. The molecule has 0 atom stereocenters. The van der Waals surface area contributed by atoms with E-state index < -0.39 is 5.97 Å². The van der Waals surface area contributed by atoms with Crippen molar-refractivity contribution in [3.05, 3.63) is 71.1 Å². The second-order valence-corrected chi connectivity index (χ2v) is 7.74. The van der Waals surface area contributed by atoms with Gasteiger partial charge in [-0.3, -0.25) is 9.59 Å². The first-order valence-corrected chi connectivity index (χ1v) is 10.6. The van der Waals surface area contributed by atoms with E-state index in [9.17, 15) is 9.59 Å². The van der Waals surface area contributed by atoms with E-state index in [2.05, 4.69) is 10.3 Å². The summed E-state index contributed by atoms with van der Waals surface area (Å²) in [5.74, 6) is 0.149. The summed E-state index contributed by atoms with van der Waals surface area (Å²) in [5.41, 5.74) is 1.55. The topological polar surface area (TPSA) is 77.0 Å². The van der Waals surface area contributed by atoms with Crippen molar-refractivity contribution in [1.82, 2.24) is 5.32 Å². The number of rotatable bonds is 5. The molecular formula is C24H20N2O4S. The third-order valence-electron chi connectivity index (χ3n) is 4.46. The molecule has 4 rings (SSSR count). The molecule has 3 aromatic rings. The largest absolute Gasteiger partial charge is 0.490 e. The normalized spacial score (nSPS) is 16.0. The van der Waals surface area contributed by atoms with Gasteiger partial charge in [0.05, 0.1) is 17.2 Å². The van der Waals surface area contributed by atoms with Crippen LogP contribution in [0.3, 0.4) is 0 Å². The highest BCUT2D eigenvalue weighted by molar-refractivity contribution is 8.18. The number of thioether (sulfide) groups is 1. The molecule has 1 amide bonds. The number of fused-ring (bicyclic) bond motifs is 1. The molecule has 3 aromatic carbocycles. The molecule has 0 unspecified atom stereocenters. The predicted molar refractivity (Wildman–Crippen MR) is 124 cm³/mol. The van der Waals surface area contributed by atoms with Crippen LogP contribution >= 0.6 is 11.8 Å². The summed E-state index contributed by atoms with van der Waals surface area (Å²) in [5, 5.41) is 5.45. The Morgan fingerprint density at radius 2 is 1.90 bits per heavy atom. The maximum atomic E-state index is 12.5. The van der Waals surface area contributed by atoms with E-state index in [1.807, 2.05) is 49.4 Å². The maximum absolute atomic E-state index is 12.5. The van der Waals surface area contributed by atoms with Crippen molar-refractivity contribution < 1.29 is 19.1 Å². The molecule has 0 aliphatic carbocycles. The lowest BCUT2D eigenvalue weighted by Gasteiger charge is -2.10. The van der Waals surface area contributed by atoms with Crippen LogP contribution in [0.5, 0.6) is 11.5 Å². The molecule has 1 fully saturated rings. The Morgan fingerprint density at radius 3 is 2.71 bits per heavy atom. The van der Waals surface area contributed by atoms with Gasteiger partial charge < -0.3 is 14.8 Å². The van der Waals surface area contributed by atoms with Gasteiger partial charge in [-0.1, -0.05) is 42.5 Å². The van der Waals surface area contributed by atoms with Gasteiger partial charge in [0.15, 0.2) is 16.7 Å². The van der Waals surface area contributed by atoms with Crippen LogP contribution in [-0.4, -0.2) is 23.7 Å². The van der Waals surface area contributed by atoms with Crippen LogP contribution in [0.4, 0.5) is 5.69 Å². The van der Waals surface area contributed by atoms with Crippen molar-refractivity contribution in [3.8, 4) is 11.5 Å². The Bertz CT molecular complexity index is 1230. The number of benzene rings is 3.